The number of rotatable bonds is 5. The van der Waals surface area contributed by atoms with Gasteiger partial charge in [0, 0.05) is 25.3 Å². The first kappa shape index (κ1) is 15.3. The zero-order valence-electron chi connectivity index (χ0n) is 12.2. The van der Waals surface area contributed by atoms with Crippen molar-refractivity contribution in [3.05, 3.63) is 18.3 Å². The Kier molecular flexibility index (Phi) is 4.99. The van der Waals surface area contributed by atoms with E-state index in [-0.39, 0.29) is 11.1 Å². The number of aromatic nitrogens is 1. The molecule has 20 heavy (non-hydrogen) atoms. The lowest BCUT2D eigenvalue weighted by molar-refractivity contribution is 0.246. The highest BCUT2D eigenvalue weighted by Gasteiger charge is 2.34. The van der Waals surface area contributed by atoms with Crippen molar-refractivity contribution in [2.45, 2.75) is 50.6 Å². The average Bonchev–Trinajstić information content (AvgIpc) is 2.48. The molecule has 0 saturated carbocycles. The molecule has 2 heterocycles. The molecule has 112 valence electrons. The average molecular weight is 297 g/mol. The Hall–Kier alpha value is -1.14. The molecule has 1 aliphatic heterocycles. The molecule has 1 fully saturated rings. The summed E-state index contributed by atoms with van der Waals surface area (Å²) in [6, 6.07) is 3.63. The highest BCUT2D eigenvalue weighted by atomic mass is 32.2. The fraction of sp³-hybridized carbons (Fsp3) is 0.643. The quantitative estimate of drug-likeness (QED) is 0.907. The third kappa shape index (κ3) is 2.96. The summed E-state index contributed by atoms with van der Waals surface area (Å²) in [5.41, 5.74) is 0.593. The van der Waals surface area contributed by atoms with Crippen molar-refractivity contribution < 1.29 is 8.42 Å². The normalized spacial score (nSPS) is 20.8. The van der Waals surface area contributed by atoms with Crippen LogP contribution in [0.4, 0.5) is 5.69 Å². The molecule has 1 aromatic heterocycles. The number of sulfonamides is 1. The summed E-state index contributed by atoms with van der Waals surface area (Å²) in [6.07, 6.45) is 5.37. The Morgan fingerprint density at radius 2 is 2.20 bits per heavy atom. The van der Waals surface area contributed by atoms with Crippen LogP contribution < -0.4 is 5.32 Å². The highest BCUT2D eigenvalue weighted by molar-refractivity contribution is 7.89. The first-order chi connectivity index (χ1) is 9.61. The molecule has 0 bridgehead atoms. The van der Waals surface area contributed by atoms with Gasteiger partial charge in [-0.15, -0.1) is 0 Å². The van der Waals surface area contributed by atoms with E-state index in [0.29, 0.717) is 18.8 Å². The van der Waals surface area contributed by atoms with E-state index in [1.54, 1.807) is 22.6 Å². The van der Waals surface area contributed by atoms with E-state index in [1.165, 1.54) is 0 Å². The maximum absolute atomic E-state index is 12.9. The molecule has 1 unspecified atom stereocenters. The molecule has 1 N–H and O–H groups in total. The molecule has 0 spiro atoms. The van der Waals surface area contributed by atoms with Gasteiger partial charge in [-0.3, -0.25) is 0 Å². The summed E-state index contributed by atoms with van der Waals surface area (Å²) in [5, 5.41) is 3.24. The summed E-state index contributed by atoms with van der Waals surface area (Å²) in [4.78, 5) is 4.12. The first-order valence-corrected chi connectivity index (χ1v) is 8.76. The number of anilines is 1. The van der Waals surface area contributed by atoms with Gasteiger partial charge in [0.2, 0.25) is 0 Å². The third-order valence-corrected chi connectivity index (χ3v) is 5.65. The van der Waals surface area contributed by atoms with E-state index < -0.39 is 10.0 Å². The van der Waals surface area contributed by atoms with E-state index in [9.17, 15) is 8.42 Å². The van der Waals surface area contributed by atoms with Crippen LogP contribution in [0.5, 0.6) is 0 Å². The molecular weight excluding hydrogens is 274 g/mol. The Labute approximate surface area is 121 Å². The molecule has 0 aromatic carbocycles. The smallest absolute Gasteiger partial charge is 0.262 e. The summed E-state index contributed by atoms with van der Waals surface area (Å²) in [7, 11) is -3.52. The molecule has 1 saturated heterocycles. The van der Waals surface area contributed by atoms with Crippen LogP contribution in [0.2, 0.25) is 0 Å². The second-order valence-electron chi connectivity index (χ2n) is 5.06. The molecule has 0 radical (unpaired) electrons. The maximum atomic E-state index is 12.9. The van der Waals surface area contributed by atoms with Crippen LogP contribution in [0.15, 0.2) is 23.4 Å². The van der Waals surface area contributed by atoms with Crippen LogP contribution >= 0.6 is 0 Å². The van der Waals surface area contributed by atoms with Crippen molar-refractivity contribution in [3.63, 3.8) is 0 Å². The minimum Gasteiger partial charge on any atom is -0.383 e. The van der Waals surface area contributed by atoms with Gasteiger partial charge in [-0.25, -0.2) is 13.4 Å². The Morgan fingerprint density at radius 3 is 2.90 bits per heavy atom. The van der Waals surface area contributed by atoms with Crippen LogP contribution in [-0.4, -0.2) is 36.8 Å². The second-order valence-corrected chi connectivity index (χ2v) is 6.87. The van der Waals surface area contributed by atoms with Gasteiger partial charge >= 0.3 is 0 Å². The predicted molar refractivity (Wildman–Crippen MR) is 80.2 cm³/mol. The largest absolute Gasteiger partial charge is 0.383 e. The predicted octanol–water partition coefficient (Wildman–Crippen LogP) is 2.47. The van der Waals surface area contributed by atoms with Gasteiger partial charge in [0.1, 0.15) is 0 Å². The number of piperidine rings is 1. The monoisotopic (exact) mass is 297 g/mol. The number of pyridine rings is 1. The molecule has 6 heteroatoms. The Balaban J connectivity index is 2.38. The van der Waals surface area contributed by atoms with E-state index in [4.69, 9.17) is 0 Å². The van der Waals surface area contributed by atoms with E-state index in [1.807, 2.05) is 13.8 Å². The zero-order valence-corrected chi connectivity index (χ0v) is 13.0. The molecule has 1 atom stereocenters. The fourth-order valence-corrected chi connectivity index (χ4v) is 4.58. The third-order valence-electron chi connectivity index (χ3n) is 3.74. The summed E-state index contributed by atoms with van der Waals surface area (Å²) in [5.74, 6) is 0. The minimum atomic E-state index is -3.52. The zero-order chi connectivity index (χ0) is 14.6. The number of hydrogen-bond donors (Lipinski definition) is 1. The SMILES string of the molecule is CCNc1cccnc1S(=O)(=O)N1CCCCC1CC. The Morgan fingerprint density at radius 1 is 1.40 bits per heavy atom. The molecule has 5 nitrogen and oxygen atoms in total. The van der Waals surface area contributed by atoms with Gasteiger partial charge < -0.3 is 5.32 Å². The van der Waals surface area contributed by atoms with Gasteiger partial charge in [0.25, 0.3) is 10.0 Å². The summed E-state index contributed by atoms with van der Waals surface area (Å²) < 4.78 is 27.4. The lowest BCUT2D eigenvalue weighted by Gasteiger charge is -2.34. The van der Waals surface area contributed by atoms with Crippen molar-refractivity contribution in [2.24, 2.45) is 0 Å². The van der Waals surface area contributed by atoms with Crippen LogP contribution in [0.25, 0.3) is 0 Å². The van der Waals surface area contributed by atoms with E-state index >= 15 is 0 Å². The molecule has 0 amide bonds. The lowest BCUT2D eigenvalue weighted by Crippen LogP contribution is -2.43. The van der Waals surface area contributed by atoms with Gasteiger partial charge in [-0.05, 0) is 38.3 Å². The maximum Gasteiger partial charge on any atom is 0.262 e. The van der Waals surface area contributed by atoms with E-state index in [0.717, 1.165) is 25.7 Å². The van der Waals surface area contributed by atoms with Gasteiger partial charge in [0.15, 0.2) is 5.03 Å². The minimum absolute atomic E-state index is 0.102. The van der Waals surface area contributed by atoms with Crippen molar-refractivity contribution >= 4 is 15.7 Å². The van der Waals surface area contributed by atoms with Gasteiger partial charge in [-0.1, -0.05) is 13.3 Å². The molecule has 2 rings (SSSR count). The van der Waals surface area contributed by atoms with Crippen LogP contribution in [0, 0.1) is 0 Å². The molecule has 1 aromatic rings. The molecular formula is C14H23N3O2S. The van der Waals surface area contributed by atoms with Gasteiger partial charge in [-0.2, -0.15) is 4.31 Å². The molecule has 0 aliphatic carbocycles. The Bertz CT molecular complexity index is 545. The number of nitrogens with zero attached hydrogens (tertiary/aromatic N) is 2. The van der Waals surface area contributed by atoms with Crippen LogP contribution in [-0.2, 0) is 10.0 Å². The van der Waals surface area contributed by atoms with Crippen LogP contribution in [0.1, 0.15) is 39.5 Å². The first-order valence-electron chi connectivity index (χ1n) is 7.32. The number of nitrogens with one attached hydrogen (secondary N) is 1. The van der Waals surface area contributed by atoms with Crippen molar-refractivity contribution in [2.75, 3.05) is 18.4 Å². The summed E-state index contributed by atoms with van der Waals surface area (Å²) >= 11 is 0. The topological polar surface area (TPSA) is 62.3 Å². The van der Waals surface area contributed by atoms with Gasteiger partial charge in [0.05, 0.1) is 5.69 Å². The van der Waals surface area contributed by atoms with E-state index in [2.05, 4.69) is 10.3 Å². The fourth-order valence-electron chi connectivity index (χ4n) is 2.73. The second kappa shape index (κ2) is 6.54. The summed E-state index contributed by atoms with van der Waals surface area (Å²) in [6.45, 7) is 5.26. The lowest BCUT2D eigenvalue weighted by atomic mass is 10.0. The van der Waals surface area contributed by atoms with Crippen molar-refractivity contribution in [3.8, 4) is 0 Å². The van der Waals surface area contributed by atoms with Crippen molar-refractivity contribution in [1.29, 1.82) is 0 Å². The number of hydrogen-bond acceptors (Lipinski definition) is 4. The highest BCUT2D eigenvalue weighted by Crippen LogP contribution is 2.29. The molecule has 1 aliphatic rings. The van der Waals surface area contributed by atoms with Crippen LogP contribution in [0.3, 0.4) is 0 Å². The standard InChI is InChI=1S/C14H23N3O2S/c1-3-12-8-5-6-11-17(12)20(18,19)14-13(15-4-2)9-7-10-16-14/h7,9-10,12,15H,3-6,8,11H2,1-2H3. The van der Waals surface area contributed by atoms with Crippen molar-refractivity contribution in [1.82, 2.24) is 9.29 Å².